The fourth-order valence-electron chi connectivity index (χ4n) is 3.87. The number of nitrogens with zero attached hydrogens (tertiary/aromatic N) is 1. The average Bonchev–Trinajstić information content (AvgIpc) is 3.52. The highest BCUT2D eigenvalue weighted by Crippen LogP contribution is 2.58. The molecule has 1 saturated carbocycles. The van der Waals surface area contributed by atoms with Crippen LogP contribution in [0.1, 0.15) is 23.1 Å². The zero-order valence-corrected chi connectivity index (χ0v) is 18.2. The molecule has 1 aliphatic carbocycles. The summed E-state index contributed by atoms with van der Waals surface area (Å²) in [6, 6.07) is 26.3. The van der Waals surface area contributed by atoms with Crippen LogP contribution in [0, 0.1) is 9.49 Å². The van der Waals surface area contributed by atoms with Gasteiger partial charge in [0.1, 0.15) is 5.75 Å². The zero-order valence-electron chi connectivity index (χ0n) is 16.0. The monoisotopic (exact) mass is 496 g/mol. The molecule has 1 atom stereocenters. The second-order valence-corrected chi connectivity index (χ2v) is 8.25. The van der Waals surface area contributed by atoms with E-state index in [0.717, 1.165) is 21.3 Å². The fraction of sp³-hybridized carbons (Fsp3) is 0.167. The van der Waals surface area contributed by atoms with Crippen molar-refractivity contribution in [3.8, 4) is 5.75 Å². The third kappa shape index (κ3) is 3.92. The lowest BCUT2D eigenvalue weighted by molar-refractivity contribution is -0.122. The van der Waals surface area contributed by atoms with Crippen molar-refractivity contribution in [2.75, 3.05) is 7.11 Å². The number of ether oxygens (including phenoxy) is 1. The molecule has 1 fully saturated rings. The Labute approximate surface area is 184 Å². The summed E-state index contributed by atoms with van der Waals surface area (Å²) in [5.74, 6) is 0.623. The minimum Gasteiger partial charge on any atom is -0.496 e. The molecule has 0 radical (unpaired) electrons. The maximum atomic E-state index is 12.9. The van der Waals surface area contributed by atoms with Crippen molar-refractivity contribution >= 4 is 34.7 Å². The number of carbonyl (C=O) groups is 1. The summed E-state index contributed by atoms with van der Waals surface area (Å²) < 4.78 is 6.26. The summed E-state index contributed by atoms with van der Waals surface area (Å²) in [7, 11) is 1.65. The van der Waals surface area contributed by atoms with E-state index < -0.39 is 0 Å². The van der Waals surface area contributed by atoms with Gasteiger partial charge in [0, 0.05) is 5.41 Å². The number of amides is 1. The van der Waals surface area contributed by atoms with Gasteiger partial charge in [-0.3, -0.25) is 4.79 Å². The molecule has 0 aliphatic heterocycles. The van der Waals surface area contributed by atoms with Crippen molar-refractivity contribution in [2.45, 2.75) is 11.8 Å². The molecule has 0 spiro atoms. The molecule has 3 aromatic rings. The van der Waals surface area contributed by atoms with E-state index in [1.165, 1.54) is 11.1 Å². The molecule has 1 aliphatic rings. The Kier molecular flexibility index (Phi) is 5.67. The number of carbonyl (C=O) groups excluding carboxylic acids is 1. The minimum atomic E-state index is -0.280. The SMILES string of the molecule is COc1ccc(/C=N/NC(=O)C2CC2(c2ccccc2)c2ccccc2)cc1I. The predicted octanol–water partition coefficient (Wildman–Crippen LogP) is 4.76. The highest BCUT2D eigenvalue weighted by molar-refractivity contribution is 14.1. The molecule has 3 aromatic carbocycles. The van der Waals surface area contributed by atoms with Crippen LogP contribution in [-0.2, 0) is 10.2 Å². The lowest BCUT2D eigenvalue weighted by atomic mass is 9.85. The van der Waals surface area contributed by atoms with Gasteiger partial charge in [-0.2, -0.15) is 5.10 Å². The van der Waals surface area contributed by atoms with E-state index in [1.54, 1.807) is 13.3 Å². The van der Waals surface area contributed by atoms with Crippen molar-refractivity contribution < 1.29 is 9.53 Å². The van der Waals surface area contributed by atoms with Crippen LogP contribution in [0.25, 0.3) is 0 Å². The second-order valence-electron chi connectivity index (χ2n) is 7.09. The molecule has 0 bridgehead atoms. The standard InChI is InChI=1S/C24H21IN2O2/c1-29-22-13-12-17(14-21(22)25)16-26-27-23(28)20-15-24(20,18-8-4-2-5-9-18)19-10-6-3-7-11-19/h2-14,16,20H,15H2,1H3,(H,27,28)/b26-16+. The topological polar surface area (TPSA) is 50.7 Å². The van der Waals surface area contributed by atoms with E-state index >= 15 is 0 Å². The van der Waals surface area contributed by atoms with Gasteiger partial charge in [0.25, 0.3) is 0 Å². The lowest BCUT2D eigenvalue weighted by Crippen LogP contribution is -2.25. The van der Waals surface area contributed by atoms with Crippen LogP contribution in [-0.4, -0.2) is 19.2 Å². The Balaban J connectivity index is 1.51. The Morgan fingerprint density at radius 3 is 2.24 bits per heavy atom. The van der Waals surface area contributed by atoms with Gasteiger partial charge in [-0.05, 0) is 63.9 Å². The van der Waals surface area contributed by atoms with Gasteiger partial charge < -0.3 is 4.74 Å². The average molecular weight is 496 g/mol. The molecule has 4 nitrogen and oxygen atoms in total. The van der Waals surface area contributed by atoms with E-state index in [1.807, 2.05) is 54.6 Å². The van der Waals surface area contributed by atoms with Crippen LogP contribution in [0.3, 0.4) is 0 Å². The summed E-state index contributed by atoms with van der Waals surface area (Å²) >= 11 is 2.22. The van der Waals surface area contributed by atoms with Crippen LogP contribution in [0.2, 0.25) is 0 Å². The first-order valence-electron chi connectivity index (χ1n) is 9.42. The van der Waals surface area contributed by atoms with Gasteiger partial charge in [0.05, 0.1) is 22.8 Å². The Morgan fingerprint density at radius 1 is 1.07 bits per heavy atom. The van der Waals surface area contributed by atoms with E-state index in [4.69, 9.17) is 4.74 Å². The van der Waals surface area contributed by atoms with E-state index in [2.05, 4.69) is 57.4 Å². The smallest absolute Gasteiger partial charge is 0.244 e. The van der Waals surface area contributed by atoms with Crippen LogP contribution >= 0.6 is 22.6 Å². The molecule has 4 rings (SSSR count). The summed E-state index contributed by atoms with van der Waals surface area (Å²) in [4.78, 5) is 12.9. The van der Waals surface area contributed by atoms with Crippen molar-refractivity contribution in [1.29, 1.82) is 0 Å². The number of hydrogen-bond donors (Lipinski definition) is 1. The predicted molar refractivity (Wildman–Crippen MR) is 123 cm³/mol. The molecule has 0 aromatic heterocycles. The lowest BCUT2D eigenvalue weighted by Gasteiger charge is -2.18. The summed E-state index contributed by atoms with van der Waals surface area (Å²) in [6.45, 7) is 0. The second kappa shape index (κ2) is 8.37. The number of hydrazone groups is 1. The third-order valence-corrected chi connectivity index (χ3v) is 6.26. The third-order valence-electron chi connectivity index (χ3n) is 5.42. The zero-order chi connectivity index (χ0) is 20.3. The van der Waals surface area contributed by atoms with E-state index in [0.29, 0.717) is 0 Å². The summed E-state index contributed by atoms with van der Waals surface area (Å²) in [5, 5.41) is 4.18. The van der Waals surface area contributed by atoms with Gasteiger partial charge in [-0.25, -0.2) is 5.43 Å². The van der Waals surface area contributed by atoms with Crippen LogP contribution in [0.4, 0.5) is 0 Å². The maximum absolute atomic E-state index is 12.9. The van der Waals surface area contributed by atoms with Crippen molar-refractivity contribution in [2.24, 2.45) is 11.0 Å². The maximum Gasteiger partial charge on any atom is 0.244 e. The molecule has 146 valence electrons. The first-order chi connectivity index (χ1) is 14.1. The molecule has 1 N–H and O–H groups in total. The number of benzene rings is 3. The normalized spacial score (nSPS) is 17.1. The van der Waals surface area contributed by atoms with Crippen molar-refractivity contribution in [3.63, 3.8) is 0 Å². The fourth-order valence-corrected chi connectivity index (χ4v) is 4.63. The highest BCUT2D eigenvalue weighted by Gasteiger charge is 2.60. The molecule has 1 unspecified atom stereocenters. The van der Waals surface area contributed by atoms with E-state index in [-0.39, 0.29) is 17.2 Å². The molecular formula is C24H21IN2O2. The quantitative estimate of drug-likeness (QED) is 0.304. The number of rotatable bonds is 6. The van der Waals surface area contributed by atoms with Gasteiger partial charge in [-0.1, -0.05) is 60.7 Å². The molecule has 0 heterocycles. The number of methoxy groups -OCH3 is 1. The first kappa shape index (κ1) is 19.6. The number of halogens is 1. The Bertz CT molecular complexity index is 996. The number of nitrogens with one attached hydrogen (secondary N) is 1. The minimum absolute atomic E-state index is 0.0582. The summed E-state index contributed by atoms with van der Waals surface area (Å²) in [5.41, 5.74) is 5.69. The molecule has 29 heavy (non-hydrogen) atoms. The molecule has 0 saturated heterocycles. The highest BCUT2D eigenvalue weighted by atomic mass is 127. The Hall–Kier alpha value is -2.67. The van der Waals surface area contributed by atoms with Crippen LogP contribution in [0.15, 0.2) is 84.0 Å². The van der Waals surface area contributed by atoms with Crippen molar-refractivity contribution in [3.05, 3.63) is 99.1 Å². The van der Waals surface area contributed by atoms with Gasteiger partial charge in [0.15, 0.2) is 0 Å². The number of hydrogen-bond acceptors (Lipinski definition) is 3. The van der Waals surface area contributed by atoms with Crippen molar-refractivity contribution in [1.82, 2.24) is 5.43 Å². The molecule has 5 heteroatoms. The Morgan fingerprint density at radius 2 is 1.69 bits per heavy atom. The first-order valence-corrected chi connectivity index (χ1v) is 10.5. The van der Waals surface area contributed by atoms with E-state index in [9.17, 15) is 4.79 Å². The van der Waals surface area contributed by atoms with Gasteiger partial charge in [-0.15, -0.1) is 0 Å². The van der Waals surface area contributed by atoms with Gasteiger partial charge >= 0.3 is 0 Å². The molecular weight excluding hydrogens is 475 g/mol. The van der Waals surface area contributed by atoms with Crippen LogP contribution < -0.4 is 10.2 Å². The summed E-state index contributed by atoms with van der Waals surface area (Å²) in [6.07, 6.45) is 2.44. The van der Waals surface area contributed by atoms with Gasteiger partial charge in [0.2, 0.25) is 5.91 Å². The molecule has 1 amide bonds. The largest absolute Gasteiger partial charge is 0.496 e. The van der Waals surface area contributed by atoms with Crippen LogP contribution in [0.5, 0.6) is 5.75 Å².